The Hall–Kier alpha value is -3.54. The molecule has 0 spiro atoms. The summed E-state index contributed by atoms with van der Waals surface area (Å²) in [5.74, 6) is 1.54. The van der Waals surface area contributed by atoms with E-state index < -0.39 is 0 Å². The summed E-state index contributed by atoms with van der Waals surface area (Å²) in [4.78, 5) is 0. The molecule has 0 amide bonds. The molecule has 0 unspecified atom stereocenters. The van der Waals surface area contributed by atoms with Crippen LogP contribution in [0.4, 0.5) is 0 Å². The fourth-order valence-corrected chi connectivity index (χ4v) is 3.27. The van der Waals surface area contributed by atoms with Crippen LogP contribution in [-0.2, 0) is 0 Å². The average molecular weight is 346 g/mol. The maximum Gasteiger partial charge on any atom is 0.122 e. The van der Waals surface area contributed by atoms with Gasteiger partial charge in [0.2, 0.25) is 0 Å². The third-order valence-electron chi connectivity index (χ3n) is 4.67. The van der Waals surface area contributed by atoms with Crippen LogP contribution in [0.15, 0.2) is 57.8 Å². The van der Waals surface area contributed by atoms with Crippen molar-refractivity contribution in [3.8, 4) is 0 Å². The van der Waals surface area contributed by atoms with E-state index >= 15 is 0 Å². The molecular formula is C20H18N4O2. The first-order valence-corrected chi connectivity index (χ1v) is 8.17. The number of nitrogen functional groups attached to an aromatic ring is 2. The summed E-state index contributed by atoms with van der Waals surface area (Å²) >= 11 is 0. The Bertz CT molecular complexity index is 1080. The van der Waals surface area contributed by atoms with Gasteiger partial charge in [0.25, 0.3) is 0 Å². The van der Waals surface area contributed by atoms with Crippen LogP contribution in [0.25, 0.3) is 21.5 Å². The lowest BCUT2D eigenvalue weighted by atomic mass is 9.97. The molecule has 6 heteroatoms. The monoisotopic (exact) mass is 346 g/mol. The van der Waals surface area contributed by atoms with Gasteiger partial charge in [0.15, 0.2) is 0 Å². The first-order chi connectivity index (χ1) is 12.5. The third kappa shape index (κ3) is 2.43. The molecular weight excluding hydrogens is 328 g/mol. The van der Waals surface area contributed by atoms with Gasteiger partial charge in [-0.05, 0) is 19.1 Å². The zero-order chi connectivity index (χ0) is 18.4. The summed E-state index contributed by atoms with van der Waals surface area (Å²) in [7, 11) is 0. The van der Waals surface area contributed by atoms with Crippen molar-refractivity contribution in [2.45, 2.75) is 12.8 Å². The van der Waals surface area contributed by atoms with Gasteiger partial charge in [0.05, 0.1) is 18.4 Å². The fourth-order valence-electron chi connectivity index (χ4n) is 3.27. The van der Waals surface area contributed by atoms with E-state index in [1.54, 1.807) is 12.5 Å². The summed E-state index contributed by atoms with van der Waals surface area (Å²) in [5.41, 5.74) is 12.4. The highest BCUT2D eigenvalue weighted by molar-refractivity contribution is 6.00. The molecule has 4 rings (SSSR count). The minimum atomic E-state index is -0.101. The van der Waals surface area contributed by atoms with Crippen LogP contribution < -0.4 is 11.5 Å². The largest absolute Gasteiger partial charge is 0.467 e. The fraction of sp³-hybridized carbons (Fsp3) is 0.100. The van der Waals surface area contributed by atoms with Crippen LogP contribution in [0.2, 0.25) is 0 Å². The van der Waals surface area contributed by atoms with Crippen molar-refractivity contribution >= 4 is 33.2 Å². The molecule has 2 aromatic carbocycles. The Labute approximate surface area is 149 Å². The topological polar surface area (TPSA) is 126 Å². The van der Waals surface area contributed by atoms with E-state index in [4.69, 9.17) is 31.1 Å². The highest BCUT2D eigenvalue weighted by atomic mass is 16.3. The third-order valence-corrected chi connectivity index (χ3v) is 4.67. The van der Waals surface area contributed by atoms with Crippen molar-refractivity contribution in [1.82, 2.24) is 0 Å². The van der Waals surface area contributed by atoms with Gasteiger partial charge >= 0.3 is 0 Å². The Kier molecular flexibility index (Phi) is 3.54. The Morgan fingerprint density at radius 1 is 0.808 bits per heavy atom. The van der Waals surface area contributed by atoms with Crippen molar-refractivity contribution in [3.63, 3.8) is 0 Å². The van der Waals surface area contributed by atoms with Crippen LogP contribution >= 0.6 is 0 Å². The number of rotatable bonds is 4. The zero-order valence-corrected chi connectivity index (χ0v) is 14.2. The molecule has 0 aliphatic heterocycles. The number of benzene rings is 2. The van der Waals surface area contributed by atoms with E-state index in [1.807, 2.05) is 43.3 Å². The van der Waals surface area contributed by atoms with Crippen molar-refractivity contribution in [2.24, 2.45) is 11.5 Å². The van der Waals surface area contributed by atoms with Gasteiger partial charge in [-0.1, -0.05) is 24.3 Å². The van der Waals surface area contributed by atoms with E-state index in [1.165, 1.54) is 0 Å². The number of hydrogen-bond donors (Lipinski definition) is 4. The van der Waals surface area contributed by atoms with Gasteiger partial charge < -0.3 is 20.3 Å². The van der Waals surface area contributed by atoms with Crippen LogP contribution in [0.3, 0.4) is 0 Å². The van der Waals surface area contributed by atoms with Gasteiger partial charge in [0.1, 0.15) is 23.2 Å². The van der Waals surface area contributed by atoms with Crippen molar-refractivity contribution < 1.29 is 8.83 Å². The molecule has 4 aromatic rings. The number of furan rings is 2. The number of fused-ring (bicyclic) bond motifs is 2. The van der Waals surface area contributed by atoms with Gasteiger partial charge in [-0.3, -0.25) is 10.8 Å². The second-order valence-corrected chi connectivity index (χ2v) is 6.35. The van der Waals surface area contributed by atoms with Gasteiger partial charge in [-0.25, -0.2) is 0 Å². The number of nitrogens with one attached hydrogen (secondary N) is 2. The molecule has 0 bridgehead atoms. The summed E-state index contributed by atoms with van der Waals surface area (Å²) in [6.07, 6.45) is 3.35. The molecule has 0 fully saturated rings. The number of hydrogen-bond acceptors (Lipinski definition) is 4. The Balaban J connectivity index is 1.79. The smallest absolute Gasteiger partial charge is 0.122 e. The zero-order valence-electron chi connectivity index (χ0n) is 14.2. The van der Waals surface area contributed by atoms with E-state index in [9.17, 15) is 0 Å². The van der Waals surface area contributed by atoms with E-state index in [2.05, 4.69) is 0 Å². The van der Waals surface area contributed by atoms with Crippen LogP contribution in [0.1, 0.15) is 35.5 Å². The molecule has 6 N–H and O–H groups in total. The minimum absolute atomic E-state index is 0.0287. The molecule has 0 atom stereocenters. The van der Waals surface area contributed by atoms with Crippen molar-refractivity contribution in [3.05, 3.63) is 71.6 Å². The molecule has 0 saturated heterocycles. The SMILES string of the molecule is CC(c1occ2cc(C(=N)N)ccc12)c1occ2cc(C(=N)N)ccc12. The van der Waals surface area contributed by atoms with Crippen LogP contribution in [0.5, 0.6) is 0 Å². The second-order valence-electron chi connectivity index (χ2n) is 6.35. The highest BCUT2D eigenvalue weighted by Crippen LogP contribution is 2.36. The Morgan fingerprint density at radius 3 is 1.62 bits per heavy atom. The normalized spacial score (nSPS) is 12.5. The lowest BCUT2D eigenvalue weighted by Gasteiger charge is -2.08. The molecule has 2 aromatic heterocycles. The minimum Gasteiger partial charge on any atom is -0.467 e. The lowest BCUT2D eigenvalue weighted by Crippen LogP contribution is -2.10. The maximum absolute atomic E-state index is 7.56. The summed E-state index contributed by atoms with van der Waals surface area (Å²) < 4.78 is 11.6. The summed E-state index contributed by atoms with van der Waals surface area (Å²) in [6, 6.07) is 11.2. The maximum atomic E-state index is 7.56. The summed E-state index contributed by atoms with van der Waals surface area (Å²) in [6.45, 7) is 2.02. The van der Waals surface area contributed by atoms with E-state index in [0.29, 0.717) is 11.1 Å². The lowest BCUT2D eigenvalue weighted by molar-refractivity contribution is 0.446. The quantitative estimate of drug-likeness (QED) is 0.330. The molecule has 0 aliphatic rings. The first kappa shape index (κ1) is 16.0. The molecule has 2 heterocycles. The van der Waals surface area contributed by atoms with Crippen LogP contribution in [-0.4, -0.2) is 11.7 Å². The van der Waals surface area contributed by atoms with Gasteiger partial charge in [0, 0.05) is 32.7 Å². The molecule has 0 aliphatic carbocycles. The standard InChI is InChI=1S/C20H18N4O2/c1-10(17-15-4-2-11(19(21)22)6-13(15)8-25-17)18-16-5-3-12(20(23)24)7-14(16)9-26-18/h2-10H,1H3,(H3,21,22)(H3,23,24). The predicted octanol–water partition coefficient (Wildman–Crippen LogP) is 3.90. The van der Waals surface area contributed by atoms with E-state index in [0.717, 1.165) is 33.1 Å². The number of nitrogens with two attached hydrogens (primary N) is 2. The van der Waals surface area contributed by atoms with Crippen LogP contribution in [0, 0.1) is 10.8 Å². The molecule has 26 heavy (non-hydrogen) atoms. The van der Waals surface area contributed by atoms with Gasteiger partial charge in [-0.2, -0.15) is 0 Å². The van der Waals surface area contributed by atoms with E-state index in [-0.39, 0.29) is 17.6 Å². The average Bonchev–Trinajstić information content (AvgIpc) is 3.24. The van der Waals surface area contributed by atoms with Crippen molar-refractivity contribution in [2.75, 3.05) is 0 Å². The molecule has 0 saturated carbocycles. The highest BCUT2D eigenvalue weighted by Gasteiger charge is 2.21. The predicted molar refractivity (Wildman–Crippen MR) is 102 cm³/mol. The molecule has 6 nitrogen and oxygen atoms in total. The second kappa shape index (κ2) is 5.77. The first-order valence-electron chi connectivity index (χ1n) is 8.17. The van der Waals surface area contributed by atoms with Crippen molar-refractivity contribution in [1.29, 1.82) is 10.8 Å². The molecule has 130 valence electrons. The van der Waals surface area contributed by atoms with Gasteiger partial charge in [-0.15, -0.1) is 0 Å². The molecule has 0 radical (unpaired) electrons. The summed E-state index contributed by atoms with van der Waals surface area (Å²) in [5, 5.41) is 18.8. The Morgan fingerprint density at radius 2 is 1.23 bits per heavy atom. The number of amidine groups is 2.